The molecule has 1 aromatic carbocycles. The van der Waals surface area contributed by atoms with Crippen LogP contribution in [-0.4, -0.2) is 20.7 Å². The van der Waals surface area contributed by atoms with Crippen LogP contribution in [0.5, 0.6) is 0 Å². The molecular formula is C8H10BrClN2O2S. The number of primary sulfonamides is 1. The Bertz CT molecular complexity index is 450. The second kappa shape index (κ2) is 5.16. The van der Waals surface area contributed by atoms with Gasteiger partial charge in [-0.25, -0.2) is 13.6 Å². The minimum Gasteiger partial charge on any atom is -0.384 e. The minimum absolute atomic E-state index is 0.110. The molecule has 0 spiro atoms. The predicted molar refractivity (Wildman–Crippen MR) is 65.6 cm³/mol. The summed E-state index contributed by atoms with van der Waals surface area (Å²) in [7, 11) is -3.42. The lowest BCUT2D eigenvalue weighted by molar-refractivity contribution is 0.598. The van der Waals surface area contributed by atoms with Crippen LogP contribution in [-0.2, 0) is 10.0 Å². The van der Waals surface area contributed by atoms with Crippen LogP contribution in [0.4, 0.5) is 5.69 Å². The standard InChI is InChI=1S/C8H10BrClN2O2S/c9-7-2-1-6(5-8(7)10)12-3-4-15(11,13)14/h1-2,5,12H,3-4H2,(H2,11,13,14). The van der Waals surface area contributed by atoms with Crippen molar-refractivity contribution in [2.24, 2.45) is 5.14 Å². The molecule has 84 valence electrons. The van der Waals surface area contributed by atoms with Gasteiger partial charge in [-0.15, -0.1) is 0 Å². The largest absolute Gasteiger partial charge is 0.384 e. The molecule has 0 heterocycles. The Balaban J connectivity index is 2.55. The zero-order chi connectivity index (χ0) is 11.5. The normalized spacial score (nSPS) is 11.4. The van der Waals surface area contributed by atoms with Crippen LogP contribution in [0.1, 0.15) is 0 Å². The highest BCUT2D eigenvalue weighted by Gasteiger charge is 2.02. The Morgan fingerprint density at radius 1 is 1.47 bits per heavy atom. The van der Waals surface area contributed by atoms with Gasteiger partial charge in [0.2, 0.25) is 10.0 Å². The zero-order valence-electron chi connectivity index (χ0n) is 7.70. The van der Waals surface area contributed by atoms with Crippen molar-refractivity contribution in [3.8, 4) is 0 Å². The van der Waals surface area contributed by atoms with Gasteiger partial charge in [-0.1, -0.05) is 11.6 Å². The number of halogens is 2. The summed E-state index contributed by atoms with van der Waals surface area (Å²) in [6.45, 7) is 0.261. The summed E-state index contributed by atoms with van der Waals surface area (Å²) in [4.78, 5) is 0. The molecule has 7 heteroatoms. The Labute approximate surface area is 102 Å². The molecule has 0 unspecified atom stereocenters. The SMILES string of the molecule is NS(=O)(=O)CCNc1ccc(Br)c(Cl)c1. The van der Waals surface area contributed by atoms with Crippen molar-refractivity contribution in [3.05, 3.63) is 27.7 Å². The lowest BCUT2D eigenvalue weighted by Crippen LogP contribution is -2.22. The molecule has 0 aliphatic rings. The number of benzene rings is 1. The highest BCUT2D eigenvalue weighted by atomic mass is 79.9. The smallest absolute Gasteiger partial charge is 0.210 e. The van der Waals surface area contributed by atoms with E-state index in [1.165, 1.54) is 0 Å². The number of nitrogens with one attached hydrogen (secondary N) is 1. The molecule has 0 bridgehead atoms. The lowest BCUT2D eigenvalue weighted by Gasteiger charge is -2.06. The second-order valence-corrected chi connectivity index (χ2v) is 5.92. The van der Waals surface area contributed by atoms with Crippen LogP contribution in [0, 0.1) is 0 Å². The van der Waals surface area contributed by atoms with Crippen LogP contribution in [0.25, 0.3) is 0 Å². The summed E-state index contributed by atoms with van der Waals surface area (Å²) in [5.41, 5.74) is 0.756. The molecule has 0 aliphatic carbocycles. The monoisotopic (exact) mass is 312 g/mol. The second-order valence-electron chi connectivity index (χ2n) is 2.92. The van der Waals surface area contributed by atoms with Crippen molar-refractivity contribution in [1.82, 2.24) is 0 Å². The van der Waals surface area contributed by atoms with Gasteiger partial charge in [0, 0.05) is 16.7 Å². The minimum atomic E-state index is -3.42. The molecule has 0 saturated carbocycles. The molecule has 4 nitrogen and oxygen atoms in total. The van der Waals surface area contributed by atoms with Crippen LogP contribution < -0.4 is 10.5 Å². The van der Waals surface area contributed by atoms with Crippen LogP contribution in [0.3, 0.4) is 0 Å². The highest BCUT2D eigenvalue weighted by Crippen LogP contribution is 2.25. The molecule has 0 aromatic heterocycles. The predicted octanol–water partition coefficient (Wildman–Crippen LogP) is 1.80. The van der Waals surface area contributed by atoms with E-state index < -0.39 is 10.0 Å². The molecule has 0 amide bonds. The van der Waals surface area contributed by atoms with E-state index in [2.05, 4.69) is 21.2 Å². The lowest BCUT2D eigenvalue weighted by atomic mass is 10.3. The fraction of sp³-hybridized carbons (Fsp3) is 0.250. The maximum absolute atomic E-state index is 10.6. The Kier molecular flexibility index (Phi) is 4.39. The van der Waals surface area contributed by atoms with Crippen molar-refractivity contribution in [2.45, 2.75) is 0 Å². The molecule has 1 aromatic rings. The number of hydrogen-bond donors (Lipinski definition) is 2. The molecule has 1 rings (SSSR count). The van der Waals surface area contributed by atoms with Crippen LogP contribution in [0.15, 0.2) is 22.7 Å². The van der Waals surface area contributed by atoms with Gasteiger partial charge in [0.15, 0.2) is 0 Å². The first kappa shape index (κ1) is 12.8. The van der Waals surface area contributed by atoms with Crippen molar-refractivity contribution in [2.75, 3.05) is 17.6 Å². The molecule has 0 aliphatic heterocycles. The molecule has 0 radical (unpaired) electrons. The first-order valence-corrected chi connectivity index (χ1v) is 6.96. The van der Waals surface area contributed by atoms with E-state index in [0.29, 0.717) is 5.02 Å². The summed E-state index contributed by atoms with van der Waals surface area (Å²) in [6, 6.07) is 5.27. The van der Waals surface area contributed by atoms with E-state index in [1.54, 1.807) is 18.2 Å². The van der Waals surface area contributed by atoms with Crippen molar-refractivity contribution in [1.29, 1.82) is 0 Å². The topological polar surface area (TPSA) is 72.2 Å². The van der Waals surface area contributed by atoms with Gasteiger partial charge in [0.1, 0.15) is 0 Å². The Morgan fingerprint density at radius 3 is 2.67 bits per heavy atom. The number of anilines is 1. The van der Waals surface area contributed by atoms with Gasteiger partial charge in [-0.05, 0) is 34.1 Å². The molecule has 0 saturated heterocycles. The van der Waals surface area contributed by atoms with Crippen LogP contribution >= 0.6 is 27.5 Å². The third-order valence-corrected chi connectivity index (χ3v) is 3.64. The van der Waals surface area contributed by atoms with E-state index in [9.17, 15) is 8.42 Å². The van der Waals surface area contributed by atoms with Gasteiger partial charge in [-0.3, -0.25) is 0 Å². The summed E-state index contributed by atoms with van der Waals surface area (Å²) >= 11 is 9.11. The van der Waals surface area contributed by atoms with E-state index in [1.807, 2.05) is 0 Å². The van der Waals surface area contributed by atoms with Gasteiger partial charge in [0.25, 0.3) is 0 Å². The average molecular weight is 314 g/mol. The molecule has 0 fully saturated rings. The quantitative estimate of drug-likeness (QED) is 0.890. The van der Waals surface area contributed by atoms with Gasteiger partial charge < -0.3 is 5.32 Å². The Hall–Kier alpha value is -0.300. The van der Waals surface area contributed by atoms with Gasteiger partial charge in [-0.2, -0.15) is 0 Å². The van der Waals surface area contributed by atoms with E-state index in [0.717, 1.165) is 10.2 Å². The van der Waals surface area contributed by atoms with E-state index in [-0.39, 0.29) is 12.3 Å². The first-order chi connectivity index (χ1) is 6.88. The summed E-state index contributed by atoms with van der Waals surface area (Å²) < 4.78 is 22.1. The fourth-order valence-electron chi connectivity index (χ4n) is 0.944. The third-order valence-electron chi connectivity index (χ3n) is 1.64. The van der Waals surface area contributed by atoms with Crippen molar-refractivity contribution < 1.29 is 8.42 Å². The average Bonchev–Trinajstić information content (AvgIpc) is 2.09. The number of hydrogen-bond acceptors (Lipinski definition) is 3. The molecular weight excluding hydrogens is 304 g/mol. The van der Waals surface area contributed by atoms with Crippen LogP contribution in [0.2, 0.25) is 5.02 Å². The van der Waals surface area contributed by atoms with E-state index in [4.69, 9.17) is 16.7 Å². The van der Waals surface area contributed by atoms with Crippen molar-refractivity contribution >= 4 is 43.2 Å². The van der Waals surface area contributed by atoms with Crippen molar-refractivity contribution in [3.63, 3.8) is 0 Å². The maximum Gasteiger partial charge on any atom is 0.210 e. The maximum atomic E-state index is 10.6. The zero-order valence-corrected chi connectivity index (χ0v) is 10.9. The first-order valence-electron chi connectivity index (χ1n) is 4.08. The van der Waals surface area contributed by atoms with Gasteiger partial charge in [0.05, 0.1) is 10.8 Å². The number of sulfonamides is 1. The van der Waals surface area contributed by atoms with E-state index >= 15 is 0 Å². The fourth-order valence-corrected chi connectivity index (χ4v) is 1.76. The molecule has 3 N–H and O–H groups in total. The number of rotatable bonds is 4. The number of nitrogens with two attached hydrogens (primary N) is 1. The summed E-state index contributed by atoms with van der Waals surface area (Å²) in [6.07, 6.45) is 0. The summed E-state index contributed by atoms with van der Waals surface area (Å²) in [5, 5.41) is 8.32. The Morgan fingerprint density at radius 2 is 2.13 bits per heavy atom. The highest BCUT2D eigenvalue weighted by molar-refractivity contribution is 9.10. The third kappa shape index (κ3) is 4.83. The van der Waals surface area contributed by atoms with Gasteiger partial charge >= 0.3 is 0 Å². The summed E-state index contributed by atoms with van der Waals surface area (Å²) in [5.74, 6) is -0.110. The molecule has 0 atom stereocenters. The molecule has 15 heavy (non-hydrogen) atoms.